The summed E-state index contributed by atoms with van der Waals surface area (Å²) in [6.45, 7) is 0.937. The second kappa shape index (κ2) is 6.91. The minimum absolute atomic E-state index is 0.285. The Morgan fingerprint density at radius 3 is 3.00 bits per heavy atom. The molecule has 2 unspecified atom stereocenters. The highest BCUT2D eigenvalue weighted by Gasteiger charge is 2.39. The van der Waals surface area contributed by atoms with Gasteiger partial charge in [0.15, 0.2) is 11.5 Å². The van der Waals surface area contributed by atoms with E-state index in [0.717, 1.165) is 27.9 Å². The van der Waals surface area contributed by atoms with Gasteiger partial charge in [-0.25, -0.2) is 9.97 Å². The first-order valence-electron chi connectivity index (χ1n) is 9.91. The molecule has 0 saturated heterocycles. The second-order valence-electron chi connectivity index (χ2n) is 7.52. The monoisotopic (exact) mass is 408 g/mol. The molecular formula is C20H20N6O2S. The smallest absolute Gasteiger partial charge is 0.255 e. The zero-order valence-electron chi connectivity index (χ0n) is 15.7. The highest BCUT2D eigenvalue weighted by molar-refractivity contribution is 8.00. The predicted molar refractivity (Wildman–Crippen MR) is 108 cm³/mol. The summed E-state index contributed by atoms with van der Waals surface area (Å²) < 4.78 is 12.5. The third-order valence-corrected chi connectivity index (χ3v) is 7.16. The molecule has 4 heterocycles. The van der Waals surface area contributed by atoms with Crippen LogP contribution in [0.15, 0.2) is 35.9 Å². The molecule has 2 atom stereocenters. The quantitative estimate of drug-likeness (QED) is 0.656. The molecule has 1 N–H and O–H groups in total. The average molecular weight is 408 g/mol. The van der Waals surface area contributed by atoms with Crippen LogP contribution in [0.3, 0.4) is 0 Å². The second-order valence-corrected chi connectivity index (χ2v) is 8.75. The van der Waals surface area contributed by atoms with Crippen LogP contribution in [-0.4, -0.2) is 36.8 Å². The average Bonchev–Trinajstić information content (AvgIpc) is 3.50. The van der Waals surface area contributed by atoms with E-state index in [-0.39, 0.29) is 6.79 Å². The van der Waals surface area contributed by atoms with Crippen molar-refractivity contribution in [3.63, 3.8) is 0 Å². The maximum atomic E-state index is 5.51. The van der Waals surface area contributed by atoms with Gasteiger partial charge in [-0.15, -0.1) is 11.8 Å². The van der Waals surface area contributed by atoms with Gasteiger partial charge in [-0.05, 0) is 30.5 Å². The van der Waals surface area contributed by atoms with Crippen molar-refractivity contribution in [2.24, 2.45) is 0 Å². The number of nitrogens with one attached hydrogen (secondary N) is 1. The number of benzene rings is 1. The normalized spacial score (nSPS) is 21.7. The van der Waals surface area contributed by atoms with Crippen molar-refractivity contribution in [3.8, 4) is 17.4 Å². The molecule has 3 aliphatic rings. The van der Waals surface area contributed by atoms with Crippen molar-refractivity contribution in [2.75, 3.05) is 12.1 Å². The molecule has 0 bridgehead atoms. The van der Waals surface area contributed by atoms with E-state index in [1.165, 1.54) is 37.6 Å². The standard InChI is InChI=1S/C20H20N6O2S/c1-2-4-16-13(3-1)17-18(22-8-12-5-6-14-15(7-12)28-11-27-14)24-20(25-19(17)29-16)26-10-21-9-23-26/h5-7,9-10,13,16H,1-4,8,11H2,(H,22,24,25). The summed E-state index contributed by atoms with van der Waals surface area (Å²) in [7, 11) is 0. The number of fused-ring (bicyclic) bond motifs is 4. The molecule has 148 valence electrons. The Bertz CT molecular complexity index is 1060. The number of hydrogen-bond acceptors (Lipinski definition) is 8. The van der Waals surface area contributed by atoms with Crippen LogP contribution in [0.1, 0.15) is 42.7 Å². The lowest BCUT2D eigenvalue weighted by atomic mass is 9.84. The lowest BCUT2D eigenvalue weighted by molar-refractivity contribution is 0.174. The molecular weight excluding hydrogens is 388 g/mol. The van der Waals surface area contributed by atoms with Gasteiger partial charge in [0.05, 0.1) is 0 Å². The molecule has 2 aromatic heterocycles. The Labute approximate surface area is 172 Å². The first-order valence-corrected chi connectivity index (χ1v) is 10.8. The van der Waals surface area contributed by atoms with Crippen LogP contribution in [-0.2, 0) is 6.54 Å². The number of anilines is 1. The molecule has 9 heteroatoms. The molecule has 8 nitrogen and oxygen atoms in total. The van der Waals surface area contributed by atoms with Gasteiger partial charge in [0.25, 0.3) is 5.95 Å². The molecule has 2 aliphatic heterocycles. The highest BCUT2D eigenvalue weighted by atomic mass is 32.2. The molecule has 1 aliphatic carbocycles. The summed E-state index contributed by atoms with van der Waals surface area (Å²) in [5.74, 6) is 3.57. The summed E-state index contributed by atoms with van der Waals surface area (Å²) in [4.78, 5) is 13.7. The van der Waals surface area contributed by atoms with Crippen LogP contribution in [0.2, 0.25) is 0 Å². The summed E-state index contributed by atoms with van der Waals surface area (Å²) in [5, 5.41) is 9.46. The van der Waals surface area contributed by atoms with Crippen LogP contribution in [0.5, 0.6) is 11.5 Å². The van der Waals surface area contributed by atoms with Crippen molar-refractivity contribution in [2.45, 2.75) is 48.4 Å². The minimum atomic E-state index is 0.285. The molecule has 29 heavy (non-hydrogen) atoms. The van der Waals surface area contributed by atoms with E-state index in [1.54, 1.807) is 11.0 Å². The molecule has 1 aromatic carbocycles. The Morgan fingerprint density at radius 2 is 2.07 bits per heavy atom. The van der Waals surface area contributed by atoms with E-state index in [1.807, 2.05) is 23.9 Å². The topological polar surface area (TPSA) is 87.0 Å². The van der Waals surface area contributed by atoms with Crippen molar-refractivity contribution in [1.29, 1.82) is 0 Å². The van der Waals surface area contributed by atoms with Crippen molar-refractivity contribution in [1.82, 2.24) is 24.7 Å². The third-order valence-electron chi connectivity index (χ3n) is 5.76. The number of aromatic nitrogens is 5. The van der Waals surface area contributed by atoms with Gasteiger partial charge in [-0.3, -0.25) is 0 Å². The zero-order valence-corrected chi connectivity index (χ0v) is 16.6. The van der Waals surface area contributed by atoms with Crippen LogP contribution in [0, 0.1) is 0 Å². The molecule has 0 radical (unpaired) electrons. The molecule has 0 spiro atoms. The van der Waals surface area contributed by atoms with E-state index >= 15 is 0 Å². The molecule has 1 saturated carbocycles. The maximum absolute atomic E-state index is 5.51. The lowest BCUT2D eigenvalue weighted by Crippen LogP contribution is -2.17. The number of rotatable bonds is 4. The van der Waals surface area contributed by atoms with Gasteiger partial charge < -0.3 is 14.8 Å². The van der Waals surface area contributed by atoms with Gasteiger partial charge >= 0.3 is 0 Å². The van der Waals surface area contributed by atoms with Gasteiger partial charge in [-0.2, -0.15) is 14.8 Å². The number of ether oxygens (including phenoxy) is 2. The summed E-state index contributed by atoms with van der Waals surface area (Å²) >= 11 is 1.89. The van der Waals surface area contributed by atoms with Crippen molar-refractivity contribution in [3.05, 3.63) is 42.0 Å². The Kier molecular flexibility index (Phi) is 4.07. The maximum Gasteiger partial charge on any atom is 0.255 e. The van der Waals surface area contributed by atoms with Gasteiger partial charge in [0.2, 0.25) is 6.79 Å². The zero-order chi connectivity index (χ0) is 19.2. The van der Waals surface area contributed by atoms with E-state index < -0.39 is 0 Å². The van der Waals surface area contributed by atoms with Crippen LogP contribution in [0.4, 0.5) is 5.82 Å². The molecule has 6 rings (SSSR count). The van der Waals surface area contributed by atoms with Gasteiger partial charge in [0, 0.05) is 23.3 Å². The Morgan fingerprint density at radius 1 is 1.14 bits per heavy atom. The Balaban J connectivity index is 1.35. The summed E-state index contributed by atoms with van der Waals surface area (Å²) in [6, 6.07) is 6.03. The molecule has 3 aromatic rings. The van der Waals surface area contributed by atoms with E-state index in [9.17, 15) is 0 Å². The number of thioether (sulfide) groups is 1. The largest absolute Gasteiger partial charge is 0.454 e. The van der Waals surface area contributed by atoms with E-state index in [0.29, 0.717) is 23.7 Å². The third kappa shape index (κ3) is 3.00. The van der Waals surface area contributed by atoms with Crippen molar-refractivity contribution >= 4 is 17.6 Å². The lowest BCUT2D eigenvalue weighted by Gasteiger charge is -2.25. The fraction of sp³-hybridized carbons (Fsp3) is 0.400. The SMILES string of the molecule is c1ncn(-c2nc(NCc3ccc4c(c3)OCO4)c3c(n2)SC2CCCCC32)n1. The fourth-order valence-electron chi connectivity index (χ4n) is 4.36. The van der Waals surface area contributed by atoms with Gasteiger partial charge in [0.1, 0.15) is 23.5 Å². The summed E-state index contributed by atoms with van der Waals surface area (Å²) in [5.41, 5.74) is 2.39. The van der Waals surface area contributed by atoms with Crippen molar-refractivity contribution < 1.29 is 9.47 Å². The fourth-order valence-corrected chi connectivity index (χ4v) is 5.88. The molecule has 0 amide bonds. The number of hydrogen-bond donors (Lipinski definition) is 1. The summed E-state index contributed by atoms with van der Waals surface area (Å²) in [6.07, 6.45) is 8.15. The first kappa shape index (κ1) is 17.1. The van der Waals surface area contributed by atoms with Crippen LogP contribution >= 0.6 is 11.8 Å². The number of nitrogens with zero attached hydrogens (tertiary/aromatic N) is 5. The van der Waals surface area contributed by atoms with E-state index in [2.05, 4.69) is 21.5 Å². The minimum Gasteiger partial charge on any atom is -0.454 e. The highest BCUT2D eigenvalue weighted by Crippen LogP contribution is 2.53. The van der Waals surface area contributed by atoms with E-state index in [4.69, 9.17) is 19.4 Å². The van der Waals surface area contributed by atoms with Gasteiger partial charge in [-0.1, -0.05) is 18.9 Å². The van der Waals surface area contributed by atoms with Crippen LogP contribution in [0.25, 0.3) is 5.95 Å². The first-order chi connectivity index (χ1) is 14.3. The van der Waals surface area contributed by atoms with Crippen LogP contribution < -0.4 is 14.8 Å². The molecule has 1 fully saturated rings. The Hall–Kier alpha value is -2.81. The predicted octanol–water partition coefficient (Wildman–Crippen LogP) is 3.53.